The van der Waals surface area contributed by atoms with Gasteiger partial charge in [0.2, 0.25) is 5.03 Å². The number of nitrogens with zero attached hydrogens (tertiary/aromatic N) is 3. The van der Waals surface area contributed by atoms with Crippen LogP contribution in [-0.4, -0.2) is 41.8 Å². The van der Waals surface area contributed by atoms with Crippen LogP contribution in [0.15, 0.2) is 28.5 Å². The number of hydrogen-bond donors (Lipinski definition) is 2. The zero-order chi connectivity index (χ0) is 14.5. The maximum atomic E-state index is 13.5. The van der Waals surface area contributed by atoms with Crippen LogP contribution in [0.25, 0.3) is 0 Å². The lowest BCUT2D eigenvalue weighted by Gasteiger charge is -2.19. The highest BCUT2D eigenvalue weighted by atomic mass is 32.2. The van der Waals surface area contributed by atoms with E-state index in [1.807, 2.05) is 0 Å². The monoisotopic (exact) mass is 290 g/mol. The summed E-state index contributed by atoms with van der Waals surface area (Å²) in [6.07, 6.45) is 1.24. The molecule has 0 saturated heterocycles. The van der Waals surface area contributed by atoms with Gasteiger partial charge in [-0.05, 0) is 12.1 Å². The molecule has 7 nitrogen and oxygen atoms in total. The van der Waals surface area contributed by atoms with Gasteiger partial charge in [-0.15, -0.1) is 0 Å². The fraction of sp³-hybridized carbons (Fsp3) is 0.400. The first-order valence-corrected chi connectivity index (χ1v) is 6.94. The summed E-state index contributed by atoms with van der Waals surface area (Å²) in [4.78, 5) is 3.55. The van der Waals surface area contributed by atoms with E-state index in [0.29, 0.717) is 0 Å². The molecule has 0 amide bonds. The van der Waals surface area contributed by atoms with E-state index in [2.05, 4.69) is 10.1 Å². The van der Waals surface area contributed by atoms with Crippen molar-refractivity contribution >= 4 is 15.9 Å². The molecule has 1 rings (SSSR count). The number of aromatic nitrogens is 1. The van der Waals surface area contributed by atoms with Gasteiger partial charge in [-0.3, -0.25) is 0 Å². The quantitative estimate of drug-likeness (QED) is 0.340. The number of pyridine rings is 1. The molecule has 1 aromatic heterocycles. The van der Waals surface area contributed by atoms with Crippen LogP contribution in [-0.2, 0) is 10.0 Å². The van der Waals surface area contributed by atoms with Crippen molar-refractivity contribution in [1.29, 1.82) is 0 Å². The summed E-state index contributed by atoms with van der Waals surface area (Å²) in [6, 6.07) is 2.33. The highest BCUT2D eigenvalue weighted by molar-refractivity contribution is 7.89. The summed E-state index contributed by atoms with van der Waals surface area (Å²) in [7, 11) is -4.03. The van der Waals surface area contributed by atoms with Crippen LogP contribution in [0.4, 0.5) is 4.39 Å². The maximum Gasteiger partial charge on any atom is 0.263 e. The summed E-state index contributed by atoms with van der Waals surface area (Å²) >= 11 is 0. The van der Waals surface area contributed by atoms with E-state index >= 15 is 0 Å². The van der Waals surface area contributed by atoms with E-state index in [1.54, 1.807) is 6.92 Å². The predicted octanol–water partition coefficient (Wildman–Crippen LogP) is 0.368. The molecular weight excluding hydrogens is 275 g/mol. The van der Waals surface area contributed by atoms with Crippen molar-refractivity contribution in [2.45, 2.75) is 18.4 Å². The van der Waals surface area contributed by atoms with Gasteiger partial charge in [0.05, 0.1) is 0 Å². The standard InChI is InChI=1S/C10H15FN4O3S/c1-2-15(7-5-9(12)14-16)19(17,18)10-8(11)4-3-6-13-10/h3-4,6,16H,2,5,7H2,1H3,(H2,12,14). The largest absolute Gasteiger partial charge is 0.409 e. The summed E-state index contributed by atoms with van der Waals surface area (Å²) in [6.45, 7) is 1.70. The third kappa shape index (κ3) is 3.61. The molecule has 106 valence electrons. The van der Waals surface area contributed by atoms with Crippen LogP contribution in [0.1, 0.15) is 13.3 Å². The highest BCUT2D eigenvalue weighted by Crippen LogP contribution is 2.16. The van der Waals surface area contributed by atoms with Crippen molar-refractivity contribution in [1.82, 2.24) is 9.29 Å². The highest BCUT2D eigenvalue weighted by Gasteiger charge is 2.27. The van der Waals surface area contributed by atoms with Crippen LogP contribution in [0, 0.1) is 5.82 Å². The second kappa shape index (κ2) is 6.43. The van der Waals surface area contributed by atoms with Gasteiger partial charge in [-0.1, -0.05) is 12.1 Å². The summed E-state index contributed by atoms with van der Waals surface area (Å²) in [5.74, 6) is -1.01. The van der Waals surface area contributed by atoms with Crippen molar-refractivity contribution in [3.63, 3.8) is 0 Å². The van der Waals surface area contributed by atoms with Gasteiger partial charge < -0.3 is 10.9 Å². The molecule has 1 heterocycles. The van der Waals surface area contributed by atoms with E-state index < -0.39 is 20.9 Å². The molecule has 0 aliphatic carbocycles. The summed E-state index contributed by atoms with van der Waals surface area (Å²) in [5.41, 5.74) is 5.28. The van der Waals surface area contributed by atoms with Crippen molar-refractivity contribution in [3.05, 3.63) is 24.1 Å². The Kier molecular flexibility index (Phi) is 5.19. The zero-order valence-electron chi connectivity index (χ0n) is 10.3. The molecule has 0 spiro atoms. The molecule has 0 radical (unpaired) electrons. The molecular formula is C10H15FN4O3S. The molecule has 0 fully saturated rings. The molecule has 0 saturated carbocycles. The zero-order valence-corrected chi connectivity index (χ0v) is 11.1. The third-order valence-electron chi connectivity index (χ3n) is 2.41. The SMILES string of the molecule is CCN(CC/C(N)=N/O)S(=O)(=O)c1ncccc1F. The minimum Gasteiger partial charge on any atom is -0.409 e. The van der Waals surface area contributed by atoms with E-state index in [9.17, 15) is 12.8 Å². The number of halogens is 1. The lowest BCUT2D eigenvalue weighted by Crippen LogP contribution is -2.35. The topological polar surface area (TPSA) is 109 Å². The van der Waals surface area contributed by atoms with E-state index in [-0.39, 0.29) is 25.3 Å². The minimum absolute atomic E-state index is 0.0231. The number of sulfonamides is 1. The Morgan fingerprint density at radius 1 is 1.63 bits per heavy atom. The van der Waals surface area contributed by atoms with Crippen LogP contribution >= 0.6 is 0 Å². The van der Waals surface area contributed by atoms with Gasteiger partial charge in [0, 0.05) is 25.7 Å². The van der Waals surface area contributed by atoms with E-state index in [4.69, 9.17) is 10.9 Å². The van der Waals surface area contributed by atoms with Crippen molar-refractivity contribution in [2.24, 2.45) is 10.9 Å². The summed E-state index contributed by atoms with van der Waals surface area (Å²) in [5, 5.41) is 10.5. The Balaban J connectivity index is 3.00. The Morgan fingerprint density at radius 3 is 2.84 bits per heavy atom. The number of oxime groups is 1. The number of nitrogens with two attached hydrogens (primary N) is 1. The Morgan fingerprint density at radius 2 is 2.32 bits per heavy atom. The molecule has 1 aromatic rings. The first-order chi connectivity index (χ1) is 8.93. The molecule has 3 N–H and O–H groups in total. The number of rotatable bonds is 6. The number of amidine groups is 1. The van der Waals surface area contributed by atoms with E-state index in [0.717, 1.165) is 10.4 Å². The van der Waals surface area contributed by atoms with Crippen molar-refractivity contribution < 1.29 is 18.0 Å². The Labute approximate surface area is 110 Å². The Hall–Kier alpha value is -1.74. The third-order valence-corrected chi connectivity index (χ3v) is 4.32. The van der Waals surface area contributed by atoms with Gasteiger partial charge in [-0.25, -0.2) is 17.8 Å². The molecule has 0 aromatic carbocycles. The molecule has 0 atom stereocenters. The molecule has 0 aliphatic rings. The minimum atomic E-state index is -4.03. The van der Waals surface area contributed by atoms with Gasteiger partial charge in [0.25, 0.3) is 10.0 Å². The van der Waals surface area contributed by atoms with E-state index in [1.165, 1.54) is 12.3 Å². The second-order valence-corrected chi connectivity index (χ2v) is 5.48. The Bertz CT molecular complexity index is 562. The molecule has 19 heavy (non-hydrogen) atoms. The number of hydrogen-bond acceptors (Lipinski definition) is 5. The van der Waals surface area contributed by atoms with Crippen molar-refractivity contribution in [3.8, 4) is 0 Å². The van der Waals surface area contributed by atoms with Crippen LogP contribution < -0.4 is 5.73 Å². The average molecular weight is 290 g/mol. The average Bonchev–Trinajstić information content (AvgIpc) is 2.39. The normalized spacial score (nSPS) is 12.9. The van der Waals surface area contributed by atoms with Gasteiger partial charge in [0.15, 0.2) is 5.82 Å². The molecule has 9 heteroatoms. The van der Waals surface area contributed by atoms with Crippen LogP contribution in [0.5, 0.6) is 0 Å². The predicted molar refractivity (Wildman–Crippen MR) is 66.7 cm³/mol. The molecule has 0 bridgehead atoms. The van der Waals surface area contributed by atoms with Crippen LogP contribution in [0.3, 0.4) is 0 Å². The smallest absolute Gasteiger partial charge is 0.263 e. The summed E-state index contributed by atoms with van der Waals surface area (Å²) < 4.78 is 38.8. The lowest BCUT2D eigenvalue weighted by molar-refractivity contribution is 0.315. The first kappa shape index (κ1) is 15.3. The van der Waals surface area contributed by atoms with Crippen LogP contribution in [0.2, 0.25) is 0 Å². The molecule has 0 aliphatic heterocycles. The fourth-order valence-electron chi connectivity index (χ4n) is 1.42. The fourth-order valence-corrected chi connectivity index (χ4v) is 2.85. The molecule has 0 unspecified atom stereocenters. The van der Waals surface area contributed by atoms with Crippen molar-refractivity contribution in [2.75, 3.05) is 13.1 Å². The first-order valence-electron chi connectivity index (χ1n) is 5.50. The van der Waals surface area contributed by atoms with Gasteiger partial charge in [0.1, 0.15) is 5.84 Å². The lowest BCUT2D eigenvalue weighted by atomic mass is 10.4. The second-order valence-electron chi connectivity index (χ2n) is 3.63. The maximum absolute atomic E-state index is 13.5. The van der Waals surface area contributed by atoms with Gasteiger partial charge >= 0.3 is 0 Å². The van der Waals surface area contributed by atoms with Gasteiger partial charge in [-0.2, -0.15) is 4.31 Å².